The average molecular weight is 641 g/mol. The number of fused-ring (bicyclic) bond motifs is 6. The molecule has 234 valence electrons. The molecule has 0 spiro atoms. The Bertz CT molecular complexity index is 2780. The fourth-order valence-corrected chi connectivity index (χ4v) is 7.16. The molecular weight excluding hydrogens is 613 g/mol. The van der Waals surface area contributed by atoms with Gasteiger partial charge < -0.3 is 8.98 Å². The fraction of sp³-hybridized carbons (Fsp3) is 0. The van der Waals surface area contributed by atoms with Crippen molar-refractivity contribution in [3.63, 3.8) is 0 Å². The maximum Gasteiger partial charge on any atom is 0.164 e. The molecule has 0 bridgehead atoms. The molecule has 10 rings (SSSR count). The summed E-state index contributed by atoms with van der Waals surface area (Å²) in [5, 5.41) is 4.32. The molecule has 5 heteroatoms. The molecule has 0 unspecified atom stereocenters. The van der Waals surface area contributed by atoms with Gasteiger partial charge in [-0.05, 0) is 42.0 Å². The molecule has 0 radical (unpaired) electrons. The van der Waals surface area contributed by atoms with Gasteiger partial charge in [0.1, 0.15) is 11.2 Å². The Morgan fingerprint density at radius 2 is 0.940 bits per heavy atom. The standard InChI is InChI=1S/C45H28N4O/c1-5-15-29(16-6-1)33-25-26-35(45-47-43(30-17-7-2-8-18-30)46-44(48-45)31-19-9-3-10-20-31)41-37-27-36-34-23-13-14-24-38(34)49(32-21-11-4-12-22-32)39(36)28-40(37)50-42(33)41/h1-28H. The summed E-state index contributed by atoms with van der Waals surface area (Å²) in [5.41, 5.74) is 9.79. The molecule has 0 aliphatic rings. The van der Waals surface area contributed by atoms with E-state index in [4.69, 9.17) is 19.4 Å². The Balaban J connectivity index is 1.31. The van der Waals surface area contributed by atoms with Gasteiger partial charge in [-0.3, -0.25) is 0 Å². The van der Waals surface area contributed by atoms with Crippen LogP contribution in [0.3, 0.4) is 0 Å². The maximum atomic E-state index is 6.94. The van der Waals surface area contributed by atoms with Crippen molar-refractivity contribution < 1.29 is 4.42 Å². The average Bonchev–Trinajstić information content (AvgIpc) is 3.73. The smallest absolute Gasteiger partial charge is 0.164 e. The molecule has 0 saturated carbocycles. The zero-order valence-corrected chi connectivity index (χ0v) is 26.9. The number of hydrogen-bond acceptors (Lipinski definition) is 4. The summed E-state index contributed by atoms with van der Waals surface area (Å²) >= 11 is 0. The van der Waals surface area contributed by atoms with Crippen LogP contribution in [0.1, 0.15) is 0 Å². The quantitative estimate of drug-likeness (QED) is 0.188. The van der Waals surface area contributed by atoms with E-state index < -0.39 is 0 Å². The van der Waals surface area contributed by atoms with E-state index in [1.54, 1.807) is 0 Å². The first kappa shape index (κ1) is 28.2. The van der Waals surface area contributed by atoms with Crippen molar-refractivity contribution >= 4 is 43.7 Å². The molecule has 0 saturated heterocycles. The normalized spacial score (nSPS) is 11.6. The van der Waals surface area contributed by atoms with E-state index in [0.29, 0.717) is 17.5 Å². The largest absolute Gasteiger partial charge is 0.455 e. The van der Waals surface area contributed by atoms with Crippen molar-refractivity contribution in [2.75, 3.05) is 0 Å². The predicted molar refractivity (Wildman–Crippen MR) is 203 cm³/mol. The van der Waals surface area contributed by atoms with Crippen LogP contribution >= 0.6 is 0 Å². The highest BCUT2D eigenvalue weighted by molar-refractivity contribution is 6.21. The van der Waals surface area contributed by atoms with E-state index >= 15 is 0 Å². The molecule has 0 aliphatic carbocycles. The van der Waals surface area contributed by atoms with Crippen molar-refractivity contribution in [1.82, 2.24) is 19.5 Å². The topological polar surface area (TPSA) is 56.7 Å². The van der Waals surface area contributed by atoms with Gasteiger partial charge in [-0.25, -0.2) is 15.0 Å². The molecular formula is C45H28N4O. The minimum Gasteiger partial charge on any atom is -0.455 e. The Morgan fingerprint density at radius 3 is 1.60 bits per heavy atom. The summed E-state index contributed by atoms with van der Waals surface area (Å²) in [6, 6.07) is 58.4. The Kier molecular flexibility index (Phi) is 6.42. The van der Waals surface area contributed by atoms with Gasteiger partial charge in [-0.1, -0.05) is 127 Å². The van der Waals surface area contributed by atoms with Crippen LogP contribution in [-0.4, -0.2) is 19.5 Å². The summed E-state index contributed by atoms with van der Waals surface area (Å²) in [6.45, 7) is 0. The van der Waals surface area contributed by atoms with Gasteiger partial charge in [0.15, 0.2) is 17.5 Å². The van der Waals surface area contributed by atoms with Gasteiger partial charge in [-0.15, -0.1) is 0 Å². The Morgan fingerprint density at radius 1 is 0.400 bits per heavy atom. The lowest BCUT2D eigenvalue weighted by Crippen LogP contribution is -2.00. The zero-order valence-electron chi connectivity index (χ0n) is 26.9. The summed E-state index contributed by atoms with van der Waals surface area (Å²) < 4.78 is 9.26. The third-order valence-corrected chi connectivity index (χ3v) is 9.45. The van der Waals surface area contributed by atoms with Crippen LogP contribution in [0.4, 0.5) is 0 Å². The van der Waals surface area contributed by atoms with E-state index in [0.717, 1.165) is 71.9 Å². The summed E-state index contributed by atoms with van der Waals surface area (Å²) in [6.07, 6.45) is 0. The van der Waals surface area contributed by atoms with E-state index in [9.17, 15) is 0 Å². The molecule has 5 nitrogen and oxygen atoms in total. The third kappa shape index (κ3) is 4.52. The van der Waals surface area contributed by atoms with E-state index in [1.807, 2.05) is 66.7 Å². The lowest BCUT2D eigenvalue weighted by molar-refractivity contribution is 0.670. The van der Waals surface area contributed by atoms with E-state index in [1.165, 1.54) is 5.39 Å². The van der Waals surface area contributed by atoms with Crippen molar-refractivity contribution in [3.8, 4) is 51.0 Å². The van der Waals surface area contributed by atoms with Gasteiger partial charge >= 0.3 is 0 Å². The van der Waals surface area contributed by atoms with E-state index in [2.05, 4.69) is 108 Å². The van der Waals surface area contributed by atoms with Crippen molar-refractivity contribution in [3.05, 3.63) is 170 Å². The second-order valence-corrected chi connectivity index (χ2v) is 12.4. The molecule has 7 aromatic carbocycles. The van der Waals surface area contributed by atoms with Crippen LogP contribution in [0.2, 0.25) is 0 Å². The number of furan rings is 1. The van der Waals surface area contributed by atoms with Crippen molar-refractivity contribution in [2.24, 2.45) is 0 Å². The van der Waals surface area contributed by atoms with Crippen LogP contribution < -0.4 is 0 Å². The van der Waals surface area contributed by atoms with Crippen LogP contribution in [0.5, 0.6) is 0 Å². The second-order valence-electron chi connectivity index (χ2n) is 12.4. The van der Waals surface area contributed by atoms with E-state index in [-0.39, 0.29) is 0 Å². The molecule has 0 aliphatic heterocycles. The highest BCUT2D eigenvalue weighted by Crippen LogP contribution is 2.44. The van der Waals surface area contributed by atoms with Gasteiger partial charge in [0.2, 0.25) is 0 Å². The molecule has 0 fully saturated rings. The SMILES string of the molecule is c1ccc(-c2nc(-c3ccccc3)nc(-c3ccc(-c4ccccc4)c4oc5cc6c(cc5c34)c3ccccc3n6-c3ccccc3)n2)cc1. The summed E-state index contributed by atoms with van der Waals surface area (Å²) in [7, 11) is 0. The molecule has 3 heterocycles. The Labute approximate surface area is 287 Å². The first-order valence-electron chi connectivity index (χ1n) is 16.7. The number of aromatic nitrogens is 4. The third-order valence-electron chi connectivity index (χ3n) is 9.45. The van der Waals surface area contributed by atoms with Crippen molar-refractivity contribution in [1.29, 1.82) is 0 Å². The lowest BCUT2D eigenvalue weighted by atomic mass is 9.97. The number of para-hydroxylation sites is 2. The van der Waals surface area contributed by atoms with Crippen LogP contribution in [0.25, 0.3) is 94.7 Å². The first-order valence-corrected chi connectivity index (χ1v) is 16.7. The zero-order chi connectivity index (χ0) is 33.0. The lowest BCUT2D eigenvalue weighted by Gasteiger charge is -2.11. The monoisotopic (exact) mass is 640 g/mol. The summed E-state index contributed by atoms with van der Waals surface area (Å²) in [4.78, 5) is 15.2. The summed E-state index contributed by atoms with van der Waals surface area (Å²) in [5.74, 6) is 1.84. The van der Waals surface area contributed by atoms with Crippen molar-refractivity contribution in [2.45, 2.75) is 0 Å². The Hall–Kier alpha value is -6.85. The van der Waals surface area contributed by atoms with Crippen LogP contribution in [0, 0.1) is 0 Å². The predicted octanol–water partition coefficient (Wildman–Crippen LogP) is 11.5. The number of rotatable bonds is 5. The molecule has 0 atom stereocenters. The van der Waals surface area contributed by atoms with Gasteiger partial charge in [-0.2, -0.15) is 0 Å². The highest BCUT2D eigenvalue weighted by atomic mass is 16.3. The number of benzene rings is 7. The van der Waals surface area contributed by atoms with Crippen LogP contribution in [-0.2, 0) is 0 Å². The maximum absolute atomic E-state index is 6.94. The molecule has 10 aromatic rings. The fourth-order valence-electron chi connectivity index (χ4n) is 7.16. The molecule has 0 amide bonds. The molecule has 0 N–H and O–H groups in total. The number of hydrogen-bond donors (Lipinski definition) is 0. The number of nitrogens with zero attached hydrogens (tertiary/aromatic N) is 4. The molecule has 3 aromatic heterocycles. The van der Waals surface area contributed by atoms with Gasteiger partial charge in [0.05, 0.1) is 11.0 Å². The van der Waals surface area contributed by atoms with Gasteiger partial charge in [0.25, 0.3) is 0 Å². The first-order chi connectivity index (χ1) is 24.8. The van der Waals surface area contributed by atoms with Gasteiger partial charge in [0, 0.05) is 55.6 Å². The minimum absolute atomic E-state index is 0.594. The second kappa shape index (κ2) is 11.4. The molecule has 50 heavy (non-hydrogen) atoms. The highest BCUT2D eigenvalue weighted by Gasteiger charge is 2.23. The van der Waals surface area contributed by atoms with Crippen LogP contribution in [0.15, 0.2) is 174 Å². The minimum atomic E-state index is 0.594.